The van der Waals surface area contributed by atoms with Gasteiger partial charge in [-0.1, -0.05) is 0 Å². The topological polar surface area (TPSA) is 45.2 Å². The average Bonchev–Trinajstić information content (AvgIpc) is 2.56. The summed E-state index contributed by atoms with van der Waals surface area (Å²) in [5, 5.41) is 2.58. The fourth-order valence-corrected chi connectivity index (χ4v) is 2.46. The van der Waals surface area contributed by atoms with E-state index in [2.05, 4.69) is 28.2 Å². The number of carbonyl (C=O) groups excluding carboxylic acids is 1. The largest absolute Gasteiger partial charge is 0.326 e. The van der Waals surface area contributed by atoms with Gasteiger partial charge in [0.15, 0.2) is 11.6 Å². The van der Waals surface area contributed by atoms with E-state index in [1.165, 1.54) is 11.6 Å². The van der Waals surface area contributed by atoms with Crippen molar-refractivity contribution in [1.29, 1.82) is 0 Å². The Hall–Kier alpha value is -2.34. The summed E-state index contributed by atoms with van der Waals surface area (Å²) < 4.78 is 26.0. The molecular weight excluding hydrogens is 324 g/mol. The van der Waals surface area contributed by atoms with Gasteiger partial charge in [0.05, 0.1) is 0 Å². The predicted octanol–water partition coefficient (Wildman–Crippen LogP) is 3.56. The van der Waals surface area contributed by atoms with Crippen LogP contribution in [0.25, 0.3) is 0 Å². The van der Waals surface area contributed by atoms with E-state index in [1.54, 1.807) is 6.20 Å². The van der Waals surface area contributed by atoms with Crippen LogP contribution in [-0.4, -0.2) is 35.4 Å². The summed E-state index contributed by atoms with van der Waals surface area (Å²) in [6.07, 6.45) is 2.86. The lowest BCUT2D eigenvalue weighted by Gasteiger charge is -2.24. The molecule has 0 aliphatic heterocycles. The molecule has 0 radical (unpaired) electrons. The summed E-state index contributed by atoms with van der Waals surface area (Å²) in [6.45, 7) is 4.67. The van der Waals surface area contributed by atoms with Crippen LogP contribution in [0, 0.1) is 18.6 Å². The second kappa shape index (κ2) is 8.67. The number of aromatic nitrogens is 1. The number of nitrogens with one attached hydrogen (secondary N) is 1. The Labute approximate surface area is 146 Å². The van der Waals surface area contributed by atoms with Gasteiger partial charge in [-0.2, -0.15) is 0 Å². The number of amides is 1. The number of benzene rings is 1. The van der Waals surface area contributed by atoms with Crippen LogP contribution in [0.15, 0.2) is 36.5 Å². The lowest BCUT2D eigenvalue weighted by atomic mass is 10.1. The van der Waals surface area contributed by atoms with Crippen LogP contribution in [0.4, 0.5) is 14.5 Å². The van der Waals surface area contributed by atoms with Crippen LogP contribution in [0.2, 0.25) is 0 Å². The Morgan fingerprint density at radius 3 is 2.68 bits per heavy atom. The first kappa shape index (κ1) is 19.0. The van der Waals surface area contributed by atoms with E-state index in [-0.39, 0.29) is 24.1 Å². The summed E-state index contributed by atoms with van der Waals surface area (Å²) in [5.74, 6) is -2.15. The van der Waals surface area contributed by atoms with Crippen molar-refractivity contribution in [3.8, 4) is 0 Å². The molecular formula is C19H23F2N3O. The summed E-state index contributed by atoms with van der Waals surface area (Å²) >= 11 is 0. The van der Waals surface area contributed by atoms with Crippen molar-refractivity contribution in [2.45, 2.75) is 32.7 Å². The highest BCUT2D eigenvalue weighted by Gasteiger charge is 2.13. The highest BCUT2D eigenvalue weighted by atomic mass is 19.2. The second-order valence-corrected chi connectivity index (χ2v) is 6.29. The van der Waals surface area contributed by atoms with Gasteiger partial charge in [0.1, 0.15) is 0 Å². The molecule has 0 spiro atoms. The SMILES string of the molecule is Cc1ccnc(C[C@H](C)N(C)CCC(=O)Nc2ccc(F)c(F)c2)c1. The Balaban J connectivity index is 1.80. The molecule has 2 rings (SSSR count). The van der Waals surface area contributed by atoms with Crippen LogP contribution >= 0.6 is 0 Å². The molecule has 1 atom stereocenters. The zero-order valence-electron chi connectivity index (χ0n) is 14.7. The molecule has 2 aromatic rings. The number of halogens is 2. The van der Waals surface area contributed by atoms with Gasteiger partial charge in [-0.05, 0) is 50.7 Å². The second-order valence-electron chi connectivity index (χ2n) is 6.29. The van der Waals surface area contributed by atoms with Gasteiger partial charge in [0.25, 0.3) is 0 Å². The molecule has 134 valence electrons. The molecule has 1 amide bonds. The molecule has 0 bridgehead atoms. The minimum absolute atomic E-state index is 0.227. The molecule has 0 saturated carbocycles. The van der Waals surface area contributed by atoms with Gasteiger partial charge < -0.3 is 10.2 Å². The summed E-state index contributed by atoms with van der Waals surface area (Å²) in [7, 11) is 1.95. The van der Waals surface area contributed by atoms with Crippen molar-refractivity contribution >= 4 is 11.6 Å². The van der Waals surface area contributed by atoms with Gasteiger partial charge in [-0.15, -0.1) is 0 Å². The molecule has 1 heterocycles. The van der Waals surface area contributed by atoms with Crippen LogP contribution in [0.3, 0.4) is 0 Å². The van der Waals surface area contributed by atoms with Crippen molar-refractivity contribution in [3.63, 3.8) is 0 Å². The van der Waals surface area contributed by atoms with E-state index < -0.39 is 11.6 Å². The number of carbonyl (C=O) groups is 1. The van der Waals surface area contributed by atoms with E-state index in [0.717, 1.165) is 24.2 Å². The zero-order chi connectivity index (χ0) is 18.4. The smallest absolute Gasteiger partial charge is 0.225 e. The molecule has 25 heavy (non-hydrogen) atoms. The van der Waals surface area contributed by atoms with Crippen molar-refractivity contribution in [2.75, 3.05) is 18.9 Å². The van der Waals surface area contributed by atoms with E-state index in [9.17, 15) is 13.6 Å². The van der Waals surface area contributed by atoms with Crippen molar-refractivity contribution in [3.05, 3.63) is 59.4 Å². The number of hydrogen-bond donors (Lipinski definition) is 1. The van der Waals surface area contributed by atoms with E-state index in [1.807, 2.05) is 20.0 Å². The minimum atomic E-state index is -0.978. The average molecular weight is 347 g/mol. The van der Waals surface area contributed by atoms with Gasteiger partial charge in [0, 0.05) is 49.1 Å². The Kier molecular flexibility index (Phi) is 6.58. The maximum absolute atomic E-state index is 13.1. The third-order valence-corrected chi connectivity index (χ3v) is 4.12. The Morgan fingerprint density at radius 2 is 2.00 bits per heavy atom. The van der Waals surface area contributed by atoms with Crippen LogP contribution in [-0.2, 0) is 11.2 Å². The number of anilines is 1. The molecule has 0 fully saturated rings. The maximum Gasteiger partial charge on any atom is 0.225 e. The normalized spacial score (nSPS) is 12.2. The van der Waals surface area contributed by atoms with Gasteiger partial charge >= 0.3 is 0 Å². The van der Waals surface area contributed by atoms with E-state index in [0.29, 0.717) is 6.54 Å². The monoisotopic (exact) mass is 347 g/mol. The third-order valence-electron chi connectivity index (χ3n) is 4.12. The van der Waals surface area contributed by atoms with Gasteiger partial charge in [0.2, 0.25) is 5.91 Å². The molecule has 1 aromatic carbocycles. The fraction of sp³-hybridized carbons (Fsp3) is 0.368. The number of aryl methyl sites for hydroxylation is 1. The molecule has 0 aliphatic carbocycles. The Morgan fingerprint density at radius 1 is 1.24 bits per heavy atom. The number of rotatable bonds is 7. The molecule has 1 N–H and O–H groups in total. The Bertz CT molecular complexity index is 736. The van der Waals surface area contributed by atoms with E-state index >= 15 is 0 Å². The third kappa shape index (κ3) is 5.90. The first-order chi connectivity index (χ1) is 11.8. The number of pyridine rings is 1. The fourth-order valence-electron chi connectivity index (χ4n) is 2.46. The van der Waals surface area contributed by atoms with Crippen molar-refractivity contribution < 1.29 is 13.6 Å². The lowest BCUT2D eigenvalue weighted by molar-refractivity contribution is -0.116. The van der Waals surface area contributed by atoms with Crippen molar-refractivity contribution in [2.24, 2.45) is 0 Å². The molecule has 0 aliphatic rings. The summed E-state index contributed by atoms with van der Waals surface area (Å²) in [5.41, 5.74) is 2.44. The molecule has 6 heteroatoms. The van der Waals surface area contributed by atoms with Crippen LogP contribution in [0.1, 0.15) is 24.6 Å². The number of likely N-dealkylation sites (N-methyl/N-ethyl adjacent to an activating group) is 1. The minimum Gasteiger partial charge on any atom is -0.326 e. The predicted molar refractivity (Wildman–Crippen MR) is 94.4 cm³/mol. The maximum atomic E-state index is 13.1. The van der Waals surface area contributed by atoms with Gasteiger partial charge in [-0.25, -0.2) is 8.78 Å². The van der Waals surface area contributed by atoms with E-state index in [4.69, 9.17) is 0 Å². The lowest BCUT2D eigenvalue weighted by Crippen LogP contribution is -2.33. The quantitative estimate of drug-likeness (QED) is 0.833. The summed E-state index contributed by atoms with van der Waals surface area (Å²) in [6, 6.07) is 7.55. The molecule has 0 saturated heterocycles. The summed E-state index contributed by atoms with van der Waals surface area (Å²) in [4.78, 5) is 18.4. The number of hydrogen-bond acceptors (Lipinski definition) is 3. The molecule has 0 unspecified atom stereocenters. The van der Waals surface area contributed by atoms with Crippen LogP contribution in [0.5, 0.6) is 0 Å². The zero-order valence-corrected chi connectivity index (χ0v) is 14.7. The molecule has 4 nitrogen and oxygen atoms in total. The molecule has 1 aromatic heterocycles. The highest BCUT2D eigenvalue weighted by molar-refractivity contribution is 5.90. The van der Waals surface area contributed by atoms with Crippen molar-refractivity contribution in [1.82, 2.24) is 9.88 Å². The highest BCUT2D eigenvalue weighted by Crippen LogP contribution is 2.13. The van der Waals surface area contributed by atoms with Gasteiger partial charge in [-0.3, -0.25) is 9.78 Å². The first-order valence-electron chi connectivity index (χ1n) is 8.22. The first-order valence-corrected chi connectivity index (χ1v) is 8.22. The number of nitrogens with zero attached hydrogens (tertiary/aromatic N) is 2. The standard InChI is InChI=1S/C19H23F2N3O/c1-13-6-8-22-16(10-13)11-14(2)24(3)9-7-19(25)23-15-4-5-17(20)18(21)12-15/h4-6,8,10,12,14H,7,9,11H2,1-3H3,(H,23,25)/t14-/m0/s1. The van der Waals surface area contributed by atoms with Crippen LogP contribution < -0.4 is 5.32 Å².